The zero-order chi connectivity index (χ0) is 28.0. The molecule has 220 valence electrons. The van der Waals surface area contributed by atoms with Crippen molar-refractivity contribution in [2.75, 3.05) is 0 Å². The molecule has 2 aliphatic carbocycles. The number of hydrogen-bond acceptors (Lipinski definition) is 4. The van der Waals surface area contributed by atoms with E-state index in [1.165, 1.54) is 38.5 Å². The van der Waals surface area contributed by atoms with Crippen LogP contribution in [0.5, 0.6) is 0 Å². The Hall–Kier alpha value is 1.16. The standard InChI is InChI=1S/2C9H21OSi.2C6H11O.Zr/c2*1-7(2)11(10,8(3)4)9(5)6;2*7-6-4-2-1-3-5-6;/h2*7-9H,1-6H3;2*6H,1-5H2;/q4*-1;+4. The molecule has 2 rings (SSSR count). The predicted molar refractivity (Wildman–Crippen MR) is 160 cm³/mol. The fourth-order valence-electron chi connectivity index (χ4n) is 8.06. The van der Waals surface area contributed by atoms with E-state index in [9.17, 15) is 0 Å². The summed E-state index contributed by atoms with van der Waals surface area (Å²) in [7, 11) is -4.59. The Morgan fingerprint density at radius 3 is 0.892 bits per heavy atom. The van der Waals surface area contributed by atoms with E-state index < -0.39 is 38.7 Å². The average Bonchev–Trinajstić information content (AvgIpc) is 2.81. The molecule has 0 radical (unpaired) electrons. The Morgan fingerprint density at radius 2 is 0.676 bits per heavy atom. The van der Waals surface area contributed by atoms with Gasteiger partial charge in [-0.05, 0) is 0 Å². The molecule has 2 fully saturated rings. The Bertz CT molecular complexity index is 556. The molecule has 0 bridgehead atoms. The van der Waals surface area contributed by atoms with Gasteiger partial charge in [-0.3, -0.25) is 0 Å². The first-order valence-corrected chi connectivity index (χ1v) is 24.3. The molecule has 0 aromatic carbocycles. The van der Waals surface area contributed by atoms with Crippen LogP contribution in [0.3, 0.4) is 0 Å². The van der Waals surface area contributed by atoms with Gasteiger partial charge in [0.15, 0.2) is 0 Å². The van der Waals surface area contributed by atoms with E-state index in [-0.39, 0.29) is 12.2 Å². The van der Waals surface area contributed by atoms with Crippen molar-refractivity contribution in [2.45, 2.75) is 193 Å². The summed E-state index contributed by atoms with van der Waals surface area (Å²) in [6, 6.07) is 0. The van der Waals surface area contributed by atoms with Crippen LogP contribution in [0.4, 0.5) is 0 Å². The van der Waals surface area contributed by atoms with Gasteiger partial charge in [0.1, 0.15) is 0 Å². The molecule has 2 saturated carbocycles. The zero-order valence-electron chi connectivity index (χ0n) is 26.8. The maximum atomic E-state index is 7.84. The normalized spacial score (nSPS) is 19.9. The molecule has 0 aromatic rings. The maximum absolute atomic E-state index is 7.84. The van der Waals surface area contributed by atoms with Crippen LogP contribution in [-0.2, 0) is 32.7 Å². The molecule has 0 unspecified atom stereocenters. The van der Waals surface area contributed by atoms with Crippen molar-refractivity contribution in [3.8, 4) is 0 Å². The molecule has 0 N–H and O–H groups in total. The molecule has 2 aliphatic rings. The summed E-state index contributed by atoms with van der Waals surface area (Å²) >= 11 is -4.57. The van der Waals surface area contributed by atoms with Crippen LogP contribution < -0.4 is 0 Å². The van der Waals surface area contributed by atoms with Gasteiger partial charge in [0.05, 0.1) is 0 Å². The van der Waals surface area contributed by atoms with Crippen molar-refractivity contribution in [3.05, 3.63) is 0 Å². The molecule has 7 heteroatoms. The molecule has 0 spiro atoms. The van der Waals surface area contributed by atoms with Gasteiger partial charge in [-0.2, -0.15) is 0 Å². The van der Waals surface area contributed by atoms with Crippen LogP contribution in [0.25, 0.3) is 0 Å². The van der Waals surface area contributed by atoms with E-state index in [1.54, 1.807) is 0 Å². The fraction of sp³-hybridized carbons (Fsp3) is 1.00. The first-order chi connectivity index (χ1) is 17.2. The third-order valence-corrected chi connectivity index (χ3v) is 33.7. The summed E-state index contributed by atoms with van der Waals surface area (Å²) in [6.07, 6.45) is 12.6. The van der Waals surface area contributed by atoms with Crippen molar-refractivity contribution in [3.63, 3.8) is 0 Å². The first-order valence-electron chi connectivity index (χ1n) is 16.0. The Labute approximate surface area is 240 Å². The van der Waals surface area contributed by atoms with Crippen LogP contribution in [0, 0.1) is 0 Å². The van der Waals surface area contributed by atoms with Crippen molar-refractivity contribution in [1.82, 2.24) is 0 Å². The average molecular weight is 636 g/mol. The second kappa shape index (κ2) is 14.9. The van der Waals surface area contributed by atoms with E-state index in [0.29, 0.717) is 33.2 Å². The molecule has 4 nitrogen and oxygen atoms in total. The van der Waals surface area contributed by atoms with Gasteiger partial charge in [-0.25, -0.2) is 0 Å². The van der Waals surface area contributed by atoms with Gasteiger partial charge < -0.3 is 0 Å². The van der Waals surface area contributed by atoms with Gasteiger partial charge in [-0.15, -0.1) is 0 Å². The second-order valence-electron chi connectivity index (χ2n) is 14.1. The molecule has 0 saturated heterocycles. The summed E-state index contributed by atoms with van der Waals surface area (Å²) in [5, 5.41) is 0. The quantitative estimate of drug-likeness (QED) is 0.178. The topological polar surface area (TPSA) is 36.9 Å². The molecule has 0 atom stereocenters. The van der Waals surface area contributed by atoms with E-state index in [1.807, 2.05) is 0 Å². The second-order valence-corrected chi connectivity index (χ2v) is 31.5. The zero-order valence-corrected chi connectivity index (χ0v) is 31.3. The Kier molecular flexibility index (Phi) is 13.8. The SMILES string of the molecule is CC(C)[Si]([O][Zr]([O]C1CCCCC1)([O]C1CCCCC1)[O][Si](C(C)C)(C(C)C)C(C)C)(C(C)C)C(C)C. The summed E-state index contributed by atoms with van der Waals surface area (Å²) in [5.41, 5.74) is 2.86. The third kappa shape index (κ3) is 8.13. The predicted octanol–water partition coefficient (Wildman–Crippen LogP) is 10.9. The Balaban J connectivity index is 2.73. The van der Waals surface area contributed by atoms with E-state index in [4.69, 9.17) is 10.6 Å². The Morgan fingerprint density at radius 1 is 0.432 bits per heavy atom. The van der Waals surface area contributed by atoms with Crippen LogP contribution in [0.15, 0.2) is 0 Å². The van der Waals surface area contributed by atoms with Crippen molar-refractivity contribution < 1.29 is 32.7 Å². The summed E-state index contributed by atoms with van der Waals surface area (Å²) < 4.78 is 30.5. The van der Waals surface area contributed by atoms with Crippen LogP contribution in [-0.4, -0.2) is 28.8 Å². The summed E-state index contributed by atoms with van der Waals surface area (Å²) in [5.74, 6) is 0. The minimum atomic E-state index is -4.57. The van der Waals surface area contributed by atoms with Gasteiger partial charge in [0.25, 0.3) is 0 Å². The van der Waals surface area contributed by atoms with E-state index in [0.717, 1.165) is 25.7 Å². The van der Waals surface area contributed by atoms with Gasteiger partial charge >= 0.3 is 242 Å². The number of rotatable bonds is 14. The minimum absolute atomic E-state index is 0.226. The number of hydrogen-bond donors (Lipinski definition) is 0. The van der Waals surface area contributed by atoms with Gasteiger partial charge in [0, 0.05) is 0 Å². The summed E-state index contributed by atoms with van der Waals surface area (Å²) in [6.45, 7) is 28.7. The van der Waals surface area contributed by atoms with Crippen molar-refractivity contribution in [2.24, 2.45) is 0 Å². The van der Waals surface area contributed by atoms with E-state index >= 15 is 0 Å². The van der Waals surface area contributed by atoms with Crippen molar-refractivity contribution >= 4 is 16.6 Å². The molecule has 0 heterocycles. The van der Waals surface area contributed by atoms with Crippen LogP contribution in [0.2, 0.25) is 33.2 Å². The molecular weight excluding hydrogens is 572 g/mol. The molecule has 0 aromatic heterocycles. The summed E-state index contributed by atoms with van der Waals surface area (Å²) in [4.78, 5) is 0. The van der Waals surface area contributed by atoms with Gasteiger partial charge in [0.2, 0.25) is 0 Å². The van der Waals surface area contributed by atoms with Crippen LogP contribution >= 0.6 is 0 Å². The molecule has 37 heavy (non-hydrogen) atoms. The van der Waals surface area contributed by atoms with Gasteiger partial charge in [-0.1, -0.05) is 0 Å². The monoisotopic (exact) mass is 634 g/mol. The van der Waals surface area contributed by atoms with Crippen molar-refractivity contribution in [1.29, 1.82) is 0 Å². The molecule has 0 amide bonds. The van der Waals surface area contributed by atoms with Crippen LogP contribution in [0.1, 0.15) is 147 Å². The van der Waals surface area contributed by atoms with E-state index in [2.05, 4.69) is 83.1 Å². The third-order valence-electron chi connectivity index (χ3n) is 9.74. The molecule has 0 aliphatic heterocycles. The fourth-order valence-corrected chi connectivity index (χ4v) is 41.2. The molecular formula is C30H64O4Si2Zr. The first kappa shape index (κ1) is 34.4.